The van der Waals surface area contributed by atoms with Crippen LogP contribution in [-0.2, 0) is 6.42 Å². The molecule has 0 N–H and O–H groups in total. The minimum Gasteiger partial charge on any atom is -0.308 e. The fraction of sp³-hybridized carbons (Fsp3) is 0.300. The standard InChI is InChI=1S/C10H14N2/c1-4-6-7-12-9(3)11-8-10(12)5-2/h4,6-8H,1,5H2,2-3H3/b7-6-. The first-order chi connectivity index (χ1) is 5.79. The molecule has 12 heavy (non-hydrogen) atoms. The Labute approximate surface area is 73.2 Å². The first kappa shape index (κ1) is 8.78. The molecule has 0 atom stereocenters. The summed E-state index contributed by atoms with van der Waals surface area (Å²) < 4.78 is 2.07. The second kappa shape index (κ2) is 3.90. The molecular weight excluding hydrogens is 148 g/mol. The smallest absolute Gasteiger partial charge is 0.109 e. The van der Waals surface area contributed by atoms with Crippen LogP contribution in [-0.4, -0.2) is 9.55 Å². The van der Waals surface area contributed by atoms with Gasteiger partial charge in [-0.3, -0.25) is 0 Å². The molecule has 0 unspecified atom stereocenters. The Hall–Kier alpha value is -1.31. The van der Waals surface area contributed by atoms with Gasteiger partial charge in [0.15, 0.2) is 0 Å². The van der Waals surface area contributed by atoms with Gasteiger partial charge in [0.25, 0.3) is 0 Å². The van der Waals surface area contributed by atoms with E-state index in [4.69, 9.17) is 0 Å². The Morgan fingerprint density at radius 3 is 3.00 bits per heavy atom. The van der Waals surface area contributed by atoms with Gasteiger partial charge in [-0.1, -0.05) is 19.6 Å². The van der Waals surface area contributed by atoms with Crippen molar-refractivity contribution in [1.29, 1.82) is 0 Å². The first-order valence-corrected chi connectivity index (χ1v) is 4.11. The monoisotopic (exact) mass is 162 g/mol. The molecular formula is C10H14N2. The second-order valence-corrected chi connectivity index (χ2v) is 2.60. The van der Waals surface area contributed by atoms with E-state index in [-0.39, 0.29) is 0 Å². The van der Waals surface area contributed by atoms with Crippen molar-refractivity contribution in [2.75, 3.05) is 0 Å². The van der Waals surface area contributed by atoms with E-state index in [9.17, 15) is 0 Å². The summed E-state index contributed by atoms with van der Waals surface area (Å²) in [6.07, 6.45) is 8.56. The van der Waals surface area contributed by atoms with Crippen LogP contribution in [0.15, 0.2) is 24.9 Å². The van der Waals surface area contributed by atoms with E-state index in [1.807, 2.05) is 25.4 Å². The van der Waals surface area contributed by atoms with E-state index in [1.54, 1.807) is 6.08 Å². The maximum absolute atomic E-state index is 4.22. The van der Waals surface area contributed by atoms with Crippen LogP contribution in [0.3, 0.4) is 0 Å². The molecule has 0 saturated carbocycles. The van der Waals surface area contributed by atoms with E-state index in [0.29, 0.717) is 0 Å². The third kappa shape index (κ3) is 1.64. The molecule has 64 valence electrons. The lowest BCUT2D eigenvalue weighted by atomic mass is 10.3. The van der Waals surface area contributed by atoms with Crippen LogP contribution < -0.4 is 0 Å². The molecule has 0 aliphatic carbocycles. The predicted molar refractivity (Wildman–Crippen MR) is 51.9 cm³/mol. The summed E-state index contributed by atoms with van der Waals surface area (Å²) in [4.78, 5) is 4.22. The number of imidazole rings is 1. The summed E-state index contributed by atoms with van der Waals surface area (Å²) in [5.74, 6) is 1.02. The SMILES string of the molecule is C=C/C=C\n1c(CC)cnc1C. The van der Waals surface area contributed by atoms with Gasteiger partial charge in [-0.2, -0.15) is 0 Å². The van der Waals surface area contributed by atoms with Gasteiger partial charge in [-0.15, -0.1) is 0 Å². The molecule has 0 aliphatic heterocycles. The highest BCUT2D eigenvalue weighted by atomic mass is 15.1. The molecule has 0 aromatic carbocycles. The van der Waals surface area contributed by atoms with E-state index < -0.39 is 0 Å². The third-order valence-corrected chi connectivity index (χ3v) is 1.79. The highest BCUT2D eigenvalue weighted by Crippen LogP contribution is 2.05. The van der Waals surface area contributed by atoms with Gasteiger partial charge < -0.3 is 4.57 Å². The third-order valence-electron chi connectivity index (χ3n) is 1.79. The highest BCUT2D eigenvalue weighted by molar-refractivity contribution is 5.31. The number of allylic oxidation sites excluding steroid dienone is 2. The zero-order valence-electron chi connectivity index (χ0n) is 7.62. The van der Waals surface area contributed by atoms with Crippen LogP contribution >= 0.6 is 0 Å². The minimum absolute atomic E-state index is 1.00. The molecule has 1 aromatic rings. The molecule has 0 fully saturated rings. The summed E-state index contributed by atoms with van der Waals surface area (Å²) in [6.45, 7) is 7.74. The molecule has 0 radical (unpaired) electrons. The van der Waals surface area contributed by atoms with Gasteiger partial charge in [0.05, 0.1) is 0 Å². The number of aryl methyl sites for hydroxylation is 2. The van der Waals surface area contributed by atoms with Crippen LogP contribution in [0.5, 0.6) is 0 Å². The Kier molecular flexibility index (Phi) is 2.86. The number of aromatic nitrogens is 2. The Morgan fingerprint density at radius 2 is 2.42 bits per heavy atom. The highest BCUT2D eigenvalue weighted by Gasteiger charge is 1.99. The zero-order chi connectivity index (χ0) is 8.97. The van der Waals surface area contributed by atoms with Gasteiger partial charge >= 0.3 is 0 Å². The van der Waals surface area contributed by atoms with Crippen LogP contribution in [0.4, 0.5) is 0 Å². The molecule has 1 aromatic heterocycles. The van der Waals surface area contributed by atoms with Crippen LogP contribution in [0.1, 0.15) is 18.4 Å². The van der Waals surface area contributed by atoms with Gasteiger partial charge in [-0.05, 0) is 19.4 Å². The fourth-order valence-electron chi connectivity index (χ4n) is 1.11. The van der Waals surface area contributed by atoms with Gasteiger partial charge in [0, 0.05) is 18.1 Å². The summed E-state index contributed by atoms with van der Waals surface area (Å²) in [7, 11) is 0. The summed E-state index contributed by atoms with van der Waals surface area (Å²) in [5.41, 5.74) is 1.23. The van der Waals surface area contributed by atoms with E-state index >= 15 is 0 Å². The molecule has 0 aliphatic rings. The minimum atomic E-state index is 1.00. The molecule has 0 amide bonds. The van der Waals surface area contributed by atoms with Crippen molar-refractivity contribution >= 4 is 6.20 Å². The molecule has 0 bridgehead atoms. The fourth-order valence-corrected chi connectivity index (χ4v) is 1.11. The van der Waals surface area contributed by atoms with Gasteiger partial charge in [0.2, 0.25) is 0 Å². The first-order valence-electron chi connectivity index (χ1n) is 4.11. The van der Waals surface area contributed by atoms with Crippen molar-refractivity contribution in [2.45, 2.75) is 20.3 Å². The van der Waals surface area contributed by atoms with E-state index in [0.717, 1.165) is 12.2 Å². The van der Waals surface area contributed by atoms with Crippen molar-refractivity contribution in [3.63, 3.8) is 0 Å². The van der Waals surface area contributed by atoms with Crippen LogP contribution in [0, 0.1) is 6.92 Å². The average molecular weight is 162 g/mol. The van der Waals surface area contributed by atoms with E-state index in [2.05, 4.69) is 23.1 Å². The molecule has 0 spiro atoms. The number of rotatable bonds is 3. The Balaban J connectivity index is 3.01. The Morgan fingerprint density at radius 1 is 1.67 bits per heavy atom. The molecule has 2 nitrogen and oxygen atoms in total. The molecule has 0 saturated heterocycles. The number of hydrogen-bond donors (Lipinski definition) is 0. The van der Waals surface area contributed by atoms with Crippen LogP contribution in [0.2, 0.25) is 0 Å². The molecule has 1 heterocycles. The van der Waals surface area contributed by atoms with Crippen molar-refractivity contribution < 1.29 is 0 Å². The van der Waals surface area contributed by atoms with Crippen molar-refractivity contribution in [3.8, 4) is 0 Å². The summed E-state index contributed by atoms with van der Waals surface area (Å²) >= 11 is 0. The lowest BCUT2D eigenvalue weighted by molar-refractivity contribution is 0.938. The van der Waals surface area contributed by atoms with Crippen molar-refractivity contribution in [2.24, 2.45) is 0 Å². The molecule has 2 heteroatoms. The number of nitrogens with zero attached hydrogens (tertiary/aromatic N) is 2. The average Bonchev–Trinajstić information content (AvgIpc) is 2.43. The number of hydrogen-bond acceptors (Lipinski definition) is 1. The van der Waals surface area contributed by atoms with Gasteiger partial charge in [-0.25, -0.2) is 4.98 Å². The second-order valence-electron chi connectivity index (χ2n) is 2.60. The predicted octanol–water partition coefficient (Wildman–Crippen LogP) is 2.41. The lowest BCUT2D eigenvalue weighted by Gasteiger charge is -2.00. The van der Waals surface area contributed by atoms with Crippen molar-refractivity contribution in [3.05, 3.63) is 36.4 Å². The summed E-state index contributed by atoms with van der Waals surface area (Å²) in [5, 5.41) is 0. The topological polar surface area (TPSA) is 17.8 Å². The maximum Gasteiger partial charge on any atom is 0.109 e. The van der Waals surface area contributed by atoms with Crippen molar-refractivity contribution in [1.82, 2.24) is 9.55 Å². The normalized spacial score (nSPS) is 10.8. The quantitative estimate of drug-likeness (QED) is 0.624. The Bertz CT molecular complexity index is 295. The maximum atomic E-state index is 4.22. The van der Waals surface area contributed by atoms with Gasteiger partial charge in [0.1, 0.15) is 5.82 Å². The van der Waals surface area contributed by atoms with Crippen LogP contribution in [0.25, 0.3) is 6.20 Å². The molecule has 1 rings (SSSR count). The zero-order valence-corrected chi connectivity index (χ0v) is 7.62. The summed E-state index contributed by atoms with van der Waals surface area (Å²) in [6, 6.07) is 0. The lowest BCUT2D eigenvalue weighted by Crippen LogP contribution is -1.94. The van der Waals surface area contributed by atoms with E-state index in [1.165, 1.54) is 5.69 Å². The largest absolute Gasteiger partial charge is 0.308 e.